The molecule has 0 radical (unpaired) electrons. The van der Waals surface area contributed by atoms with Gasteiger partial charge in [-0.2, -0.15) is 0 Å². The monoisotopic (exact) mass is 209 g/mol. The van der Waals surface area contributed by atoms with Gasteiger partial charge in [0.15, 0.2) is 0 Å². The summed E-state index contributed by atoms with van der Waals surface area (Å²) in [6.45, 7) is 7.14. The van der Waals surface area contributed by atoms with Crippen molar-refractivity contribution in [3.05, 3.63) is 34.9 Å². The van der Waals surface area contributed by atoms with E-state index in [4.69, 9.17) is 11.6 Å². The molecule has 0 N–H and O–H groups in total. The fraction of sp³-hybridized carbons (Fsp3) is 0.417. The first-order chi connectivity index (χ1) is 6.47. The Labute approximate surface area is 90.8 Å². The average molecular weight is 210 g/mol. The summed E-state index contributed by atoms with van der Waals surface area (Å²) in [5, 5.41) is 0.772. The van der Waals surface area contributed by atoms with Crippen molar-refractivity contribution in [2.24, 2.45) is 10.4 Å². The first-order valence-electron chi connectivity index (χ1n) is 4.73. The van der Waals surface area contributed by atoms with E-state index >= 15 is 0 Å². The highest BCUT2D eigenvalue weighted by atomic mass is 35.5. The Morgan fingerprint density at radius 1 is 1.21 bits per heavy atom. The van der Waals surface area contributed by atoms with Crippen LogP contribution in [0.5, 0.6) is 0 Å². The van der Waals surface area contributed by atoms with Crippen molar-refractivity contribution in [1.29, 1.82) is 0 Å². The first-order valence-corrected chi connectivity index (χ1v) is 5.10. The second kappa shape index (κ2) is 4.61. The molecule has 0 aliphatic heterocycles. The highest BCUT2D eigenvalue weighted by molar-refractivity contribution is 6.30. The number of nitrogens with zero attached hydrogens (tertiary/aromatic N) is 1. The molecule has 0 heterocycles. The van der Waals surface area contributed by atoms with Crippen LogP contribution in [0.25, 0.3) is 0 Å². The van der Waals surface area contributed by atoms with Gasteiger partial charge in [-0.15, -0.1) is 0 Å². The first kappa shape index (κ1) is 11.3. The van der Waals surface area contributed by atoms with Gasteiger partial charge in [-0.05, 0) is 23.1 Å². The van der Waals surface area contributed by atoms with Crippen LogP contribution < -0.4 is 0 Å². The lowest BCUT2D eigenvalue weighted by Gasteiger charge is -2.09. The van der Waals surface area contributed by atoms with Crippen LogP contribution in [0, 0.1) is 5.41 Å². The molecule has 0 spiro atoms. The Kier molecular flexibility index (Phi) is 3.70. The van der Waals surface area contributed by atoms with E-state index < -0.39 is 0 Å². The van der Waals surface area contributed by atoms with Gasteiger partial charge in [0.05, 0.1) is 6.54 Å². The highest BCUT2D eigenvalue weighted by Crippen LogP contribution is 2.12. The molecule has 2 heteroatoms. The number of hydrogen-bond acceptors (Lipinski definition) is 1. The van der Waals surface area contributed by atoms with E-state index in [-0.39, 0.29) is 5.41 Å². The Morgan fingerprint density at radius 3 is 2.29 bits per heavy atom. The molecule has 0 amide bonds. The predicted molar refractivity (Wildman–Crippen MR) is 63.1 cm³/mol. The molecule has 1 aromatic carbocycles. The molecular weight excluding hydrogens is 194 g/mol. The molecule has 0 aliphatic rings. The van der Waals surface area contributed by atoms with E-state index in [1.165, 1.54) is 5.56 Å². The zero-order chi connectivity index (χ0) is 10.6. The van der Waals surface area contributed by atoms with Crippen LogP contribution in [0.15, 0.2) is 29.3 Å². The van der Waals surface area contributed by atoms with Crippen molar-refractivity contribution >= 4 is 17.8 Å². The van der Waals surface area contributed by atoms with Gasteiger partial charge in [0, 0.05) is 11.2 Å². The summed E-state index contributed by atoms with van der Waals surface area (Å²) in [7, 11) is 0. The summed E-state index contributed by atoms with van der Waals surface area (Å²) in [6.07, 6.45) is 1.99. The summed E-state index contributed by atoms with van der Waals surface area (Å²) in [6, 6.07) is 7.79. The summed E-state index contributed by atoms with van der Waals surface area (Å²) in [4.78, 5) is 4.37. The summed E-state index contributed by atoms with van der Waals surface area (Å²) < 4.78 is 0. The molecule has 76 valence electrons. The maximum atomic E-state index is 5.78. The summed E-state index contributed by atoms with van der Waals surface area (Å²) in [5.41, 5.74) is 1.35. The van der Waals surface area contributed by atoms with E-state index in [1.807, 2.05) is 30.5 Å². The zero-order valence-electron chi connectivity index (χ0n) is 8.92. The largest absolute Gasteiger partial charge is 0.292 e. The van der Waals surface area contributed by atoms with Crippen LogP contribution in [0.2, 0.25) is 5.02 Å². The molecule has 0 bridgehead atoms. The zero-order valence-corrected chi connectivity index (χ0v) is 9.67. The molecule has 0 saturated heterocycles. The van der Waals surface area contributed by atoms with Crippen LogP contribution in [-0.2, 0) is 6.54 Å². The molecular formula is C12H16ClN. The molecule has 0 saturated carbocycles. The maximum absolute atomic E-state index is 5.78. The van der Waals surface area contributed by atoms with Crippen molar-refractivity contribution in [2.45, 2.75) is 27.3 Å². The van der Waals surface area contributed by atoms with E-state index in [0.29, 0.717) is 0 Å². The van der Waals surface area contributed by atoms with E-state index in [1.54, 1.807) is 0 Å². The van der Waals surface area contributed by atoms with Gasteiger partial charge in [-0.3, -0.25) is 4.99 Å². The van der Waals surface area contributed by atoms with Gasteiger partial charge in [0.25, 0.3) is 0 Å². The third-order valence-electron chi connectivity index (χ3n) is 1.67. The van der Waals surface area contributed by atoms with Gasteiger partial charge < -0.3 is 0 Å². The molecule has 0 fully saturated rings. The molecule has 1 rings (SSSR count). The fourth-order valence-electron chi connectivity index (χ4n) is 1.01. The molecule has 0 unspecified atom stereocenters. The van der Waals surface area contributed by atoms with E-state index in [2.05, 4.69) is 25.8 Å². The van der Waals surface area contributed by atoms with Crippen LogP contribution in [0.3, 0.4) is 0 Å². The molecule has 1 aromatic rings. The topological polar surface area (TPSA) is 12.4 Å². The second-order valence-corrected chi connectivity index (χ2v) is 4.90. The van der Waals surface area contributed by atoms with Crippen molar-refractivity contribution in [3.8, 4) is 0 Å². The van der Waals surface area contributed by atoms with Gasteiger partial charge in [-0.25, -0.2) is 0 Å². The van der Waals surface area contributed by atoms with Crippen LogP contribution in [0.4, 0.5) is 0 Å². The van der Waals surface area contributed by atoms with Gasteiger partial charge >= 0.3 is 0 Å². The minimum Gasteiger partial charge on any atom is -0.292 e. The lowest BCUT2D eigenvalue weighted by Crippen LogP contribution is -2.06. The number of benzene rings is 1. The Balaban J connectivity index is 2.54. The van der Waals surface area contributed by atoms with Crippen molar-refractivity contribution in [2.75, 3.05) is 0 Å². The third kappa shape index (κ3) is 4.43. The molecule has 0 atom stereocenters. The van der Waals surface area contributed by atoms with Crippen molar-refractivity contribution in [3.63, 3.8) is 0 Å². The number of hydrogen-bond donors (Lipinski definition) is 0. The van der Waals surface area contributed by atoms with Crippen LogP contribution in [-0.4, -0.2) is 6.21 Å². The molecule has 0 aliphatic carbocycles. The SMILES string of the molecule is CC(C)(C)C=NCc1ccc(Cl)cc1. The van der Waals surface area contributed by atoms with Crippen LogP contribution >= 0.6 is 11.6 Å². The van der Waals surface area contributed by atoms with Crippen LogP contribution in [0.1, 0.15) is 26.3 Å². The molecule has 0 aromatic heterocycles. The smallest absolute Gasteiger partial charge is 0.0636 e. The van der Waals surface area contributed by atoms with Crippen molar-refractivity contribution in [1.82, 2.24) is 0 Å². The normalized spacial score (nSPS) is 12.3. The highest BCUT2D eigenvalue weighted by Gasteiger charge is 2.04. The average Bonchev–Trinajstić information content (AvgIpc) is 2.06. The lowest BCUT2D eigenvalue weighted by atomic mass is 9.99. The van der Waals surface area contributed by atoms with Gasteiger partial charge in [0.2, 0.25) is 0 Å². The Morgan fingerprint density at radius 2 is 1.79 bits per heavy atom. The predicted octanol–water partition coefficient (Wildman–Crippen LogP) is 3.96. The summed E-state index contributed by atoms with van der Waals surface area (Å²) >= 11 is 5.78. The lowest BCUT2D eigenvalue weighted by molar-refractivity contribution is 0.604. The Bertz CT molecular complexity index is 306. The number of halogens is 1. The minimum atomic E-state index is 0.159. The fourth-order valence-corrected chi connectivity index (χ4v) is 1.14. The molecule has 14 heavy (non-hydrogen) atoms. The van der Waals surface area contributed by atoms with Gasteiger partial charge in [-0.1, -0.05) is 44.5 Å². The maximum Gasteiger partial charge on any atom is 0.0636 e. The van der Waals surface area contributed by atoms with E-state index in [9.17, 15) is 0 Å². The second-order valence-electron chi connectivity index (χ2n) is 4.46. The standard InChI is InChI=1S/C12H16ClN/c1-12(2,3)9-14-8-10-4-6-11(13)7-5-10/h4-7,9H,8H2,1-3H3. The quantitative estimate of drug-likeness (QED) is 0.654. The third-order valence-corrected chi connectivity index (χ3v) is 1.92. The molecule has 1 nitrogen and oxygen atoms in total. The number of rotatable bonds is 2. The van der Waals surface area contributed by atoms with E-state index in [0.717, 1.165) is 11.6 Å². The van der Waals surface area contributed by atoms with Crippen molar-refractivity contribution < 1.29 is 0 Å². The minimum absolute atomic E-state index is 0.159. The summed E-state index contributed by atoms with van der Waals surface area (Å²) in [5.74, 6) is 0. The Hall–Kier alpha value is -0.820. The number of aliphatic imine (C=N–C) groups is 1. The van der Waals surface area contributed by atoms with Gasteiger partial charge in [0.1, 0.15) is 0 Å².